The van der Waals surface area contributed by atoms with Gasteiger partial charge in [-0.25, -0.2) is 0 Å². The van der Waals surface area contributed by atoms with Gasteiger partial charge < -0.3 is 0 Å². The standard InChI is InChI=1S/C50H12Cl4N4O8/c51-55-43(59)17-5-1-13-14-2-6-18-30-26(48(64)56(52)44(18)60)10-22-34-24-12-28-32-20(46(62)58(54)50(28)66)8-4-16-15-3-7-19-31-27(49(65)57(53)45(19)61)11-23(41(37(15)31)42(24)38(16)32)33(34)21-9-25(47(55)63)29(17)35(13)39(21)40(22)36(14)30/h1-12H. The van der Waals surface area contributed by atoms with Gasteiger partial charge in [-0.2, -0.15) is 16.3 Å². The number of fused-ring (bicyclic) bond motifs is 7. The SMILES string of the molecule is O=c1c2ccc3c4ccc5c(=O)n(Cl)c(=O)c6cc7c8c9cc%10c(=O)n(Cl)c(=O)c%11ccc%12c%13ccc%14c(=O)n(Cl)c(=O)c%15cc(c8c8cc(c(=O)n1Cl)c2c3c8c7c4c56)c(c%13c%14%15)c9c%12c%11%10. The molecule has 66 heavy (non-hydrogen) atoms. The van der Waals surface area contributed by atoms with Crippen molar-refractivity contribution in [3.05, 3.63) is 156 Å². The van der Waals surface area contributed by atoms with Crippen molar-refractivity contribution in [3.8, 4) is 0 Å². The van der Waals surface area contributed by atoms with Gasteiger partial charge >= 0.3 is 0 Å². The van der Waals surface area contributed by atoms with Gasteiger partial charge in [-0.1, -0.05) is 24.3 Å². The van der Waals surface area contributed by atoms with E-state index >= 15 is 0 Å². The molecular formula is C50H12Cl4N4O8. The van der Waals surface area contributed by atoms with E-state index in [2.05, 4.69) is 0 Å². The highest BCUT2D eigenvalue weighted by Gasteiger charge is 2.32. The van der Waals surface area contributed by atoms with Gasteiger partial charge in [-0.3, -0.25) is 38.4 Å². The van der Waals surface area contributed by atoms with Crippen LogP contribution < -0.4 is 44.5 Å². The molecule has 0 bridgehead atoms. The van der Waals surface area contributed by atoms with E-state index in [1.54, 1.807) is 72.8 Å². The molecule has 0 N–H and O–H groups in total. The normalized spacial score (nSPS) is 13.3. The zero-order chi connectivity index (χ0) is 44.7. The van der Waals surface area contributed by atoms with Crippen molar-refractivity contribution in [2.24, 2.45) is 0 Å². The molecule has 4 aromatic heterocycles. The maximum atomic E-state index is 14.4. The third-order valence-electron chi connectivity index (χ3n) is 14.8. The van der Waals surface area contributed by atoms with Crippen LogP contribution in [0.3, 0.4) is 0 Å². The highest BCUT2D eigenvalue weighted by molar-refractivity contribution is 6.56. The molecule has 0 aliphatic heterocycles. The molecule has 308 valence electrons. The van der Waals surface area contributed by atoms with Crippen LogP contribution in [0.2, 0.25) is 0 Å². The molecule has 16 heteroatoms. The summed E-state index contributed by atoms with van der Waals surface area (Å²) < 4.78 is 2.19. The van der Waals surface area contributed by atoms with E-state index in [0.29, 0.717) is 135 Å². The average Bonchev–Trinajstić information content (AvgIpc) is 3.33. The number of aromatic nitrogens is 4. The Labute approximate surface area is 378 Å². The fourth-order valence-corrected chi connectivity index (χ4v) is 13.1. The van der Waals surface area contributed by atoms with E-state index in [9.17, 15) is 38.4 Å². The molecular weight excluding hydrogens is 926 g/mol. The van der Waals surface area contributed by atoms with E-state index < -0.39 is 44.5 Å². The number of pyridine rings is 4. The summed E-state index contributed by atoms with van der Waals surface area (Å²) in [5.74, 6) is 0. The minimum absolute atomic E-state index is 0.118. The highest BCUT2D eigenvalue weighted by Crippen LogP contribution is 2.56. The first kappa shape index (κ1) is 35.6. The Morgan fingerprint density at radius 3 is 0.561 bits per heavy atom. The summed E-state index contributed by atoms with van der Waals surface area (Å²) in [4.78, 5) is 113. The van der Waals surface area contributed by atoms with Crippen LogP contribution in [-0.2, 0) is 0 Å². The summed E-state index contributed by atoms with van der Waals surface area (Å²) >= 11 is 26.0. The van der Waals surface area contributed by atoms with Crippen molar-refractivity contribution in [1.82, 2.24) is 16.3 Å². The molecule has 0 radical (unpaired) electrons. The summed E-state index contributed by atoms with van der Waals surface area (Å²) in [6, 6.07) is 20.2. The number of benzene rings is 12. The molecule has 0 fully saturated rings. The van der Waals surface area contributed by atoms with Gasteiger partial charge in [0, 0.05) is 90.2 Å². The number of hydrogen-bond donors (Lipinski definition) is 0. The van der Waals surface area contributed by atoms with Crippen LogP contribution in [0.25, 0.3) is 162 Å². The molecule has 16 rings (SSSR count). The summed E-state index contributed by atoms with van der Waals surface area (Å²) in [5, 5.41) is 12.5. The number of rotatable bonds is 0. The lowest BCUT2D eigenvalue weighted by Crippen LogP contribution is -2.27. The van der Waals surface area contributed by atoms with Crippen LogP contribution in [0, 0.1) is 0 Å². The van der Waals surface area contributed by atoms with Crippen molar-refractivity contribution < 1.29 is 0 Å². The van der Waals surface area contributed by atoms with Crippen molar-refractivity contribution >= 4 is 209 Å². The predicted octanol–water partition coefficient (Wildman–Crippen LogP) is 8.58. The van der Waals surface area contributed by atoms with Gasteiger partial charge in [-0.15, -0.1) is 0 Å². The molecule has 0 aliphatic rings. The molecule has 4 heterocycles. The second-order valence-corrected chi connectivity index (χ2v) is 18.7. The van der Waals surface area contributed by atoms with Crippen molar-refractivity contribution in [1.29, 1.82) is 0 Å². The van der Waals surface area contributed by atoms with E-state index in [1.807, 2.05) is 0 Å². The molecule has 16 aromatic rings. The fraction of sp³-hybridized carbons (Fsp3) is 0. The minimum Gasteiger partial charge on any atom is -0.267 e. The molecule has 0 saturated heterocycles. The van der Waals surface area contributed by atoms with Gasteiger partial charge in [0.1, 0.15) is 0 Å². The molecule has 0 amide bonds. The molecule has 0 saturated carbocycles. The second kappa shape index (κ2) is 10.7. The highest BCUT2D eigenvalue weighted by atomic mass is 35.5. The van der Waals surface area contributed by atoms with E-state index in [0.717, 1.165) is 0 Å². The quantitative estimate of drug-likeness (QED) is 0.108. The van der Waals surface area contributed by atoms with Gasteiger partial charge in [0.15, 0.2) is 0 Å². The topological polar surface area (TPSA) is 156 Å². The average molecular weight is 938 g/mol. The first-order valence-electron chi connectivity index (χ1n) is 20.3. The fourth-order valence-electron chi connectivity index (χ4n) is 12.4. The first-order valence-corrected chi connectivity index (χ1v) is 21.7. The Kier molecular flexibility index (Phi) is 5.76. The van der Waals surface area contributed by atoms with Crippen LogP contribution in [-0.4, -0.2) is 16.3 Å². The molecule has 0 aliphatic carbocycles. The maximum Gasteiger partial charge on any atom is 0.276 e. The molecule has 12 aromatic carbocycles. The van der Waals surface area contributed by atoms with Crippen molar-refractivity contribution in [2.75, 3.05) is 0 Å². The molecule has 0 unspecified atom stereocenters. The van der Waals surface area contributed by atoms with Gasteiger partial charge in [-0.05, 0) is 145 Å². The lowest BCUT2D eigenvalue weighted by Gasteiger charge is -2.26. The monoisotopic (exact) mass is 936 g/mol. The van der Waals surface area contributed by atoms with Crippen LogP contribution >= 0.6 is 47.1 Å². The van der Waals surface area contributed by atoms with Crippen molar-refractivity contribution in [3.63, 3.8) is 0 Å². The lowest BCUT2D eigenvalue weighted by molar-refractivity contribution is 1.11. The number of nitrogens with zero attached hydrogens (tertiary/aromatic N) is 4. The maximum absolute atomic E-state index is 14.4. The molecule has 12 nitrogen and oxygen atoms in total. The Hall–Kier alpha value is -7.74. The van der Waals surface area contributed by atoms with E-state index in [4.69, 9.17) is 47.1 Å². The zero-order valence-electron chi connectivity index (χ0n) is 32.5. The predicted molar refractivity (Wildman–Crippen MR) is 266 cm³/mol. The molecule has 0 atom stereocenters. The summed E-state index contributed by atoms with van der Waals surface area (Å²) in [6.07, 6.45) is 0. The Morgan fingerprint density at radius 1 is 0.197 bits per heavy atom. The van der Waals surface area contributed by atoms with E-state index in [-0.39, 0.29) is 43.1 Å². The summed E-state index contributed by atoms with van der Waals surface area (Å²) in [5.41, 5.74) is -5.96. The van der Waals surface area contributed by atoms with Crippen molar-refractivity contribution in [2.45, 2.75) is 0 Å². The second-order valence-electron chi connectivity index (χ2n) is 17.3. The molecule has 0 spiro atoms. The minimum atomic E-state index is -0.772. The first-order chi connectivity index (χ1) is 31.8. The third kappa shape index (κ3) is 3.42. The number of halogens is 4. The van der Waals surface area contributed by atoms with Crippen LogP contribution in [0.1, 0.15) is 0 Å². The van der Waals surface area contributed by atoms with Gasteiger partial charge in [0.25, 0.3) is 44.5 Å². The van der Waals surface area contributed by atoms with Crippen LogP contribution in [0.15, 0.2) is 111 Å². The summed E-state index contributed by atoms with van der Waals surface area (Å²) in [7, 11) is 0. The lowest BCUT2D eigenvalue weighted by atomic mass is 9.76. The van der Waals surface area contributed by atoms with Crippen LogP contribution in [0.5, 0.6) is 0 Å². The van der Waals surface area contributed by atoms with Crippen LogP contribution in [0.4, 0.5) is 0 Å². The third-order valence-corrected chi connectivity index (χ3v) is 16.0. The smallest absolute Gasteiger partial charge is 0.267 e. The largest absolute Gasteiger partial charge is 0.276 e. The Balaban J connectivity index is 1.39. The number of hydrogen-bond acceptors (Lipinski definition) is 8. The van der Waals surface area contributed by atoms with Gasteiger partial charge in [0.05, 0.1) is 21.5 Å². The van der Waals surface area contributed by atoms with E-state index in [1.165, 1.54) is 0 Å². The Morgan fingerprint density at radius 2 is 0.348 bits per heavy atom. The Bertz CT molecular complexity index is 4960. The summed E-state index contributed by atoms with van der Waals surface area (Å²) in [6.45, 7) is 0. The zero-order valence-corrected chi connectivity index (χ0v) is 35.5. The van der Waals surface area contributed by atoms with Gasteiger partial charge in [0.2, 0.25) is 0 Å².